The van der Waals surface area contributed by atoms with Crippen LogP contribution < -0.4 is 15.0 Å². The van der Waals surface area contributed by atoms with Gasteiger partial charge in [0.1, 0.15) is 5.75 Å². The van der Waals surface area contributed by atoms with Gasteiger partial charge >= 0.3 is 0 Å². The standard InChI is InChI=1S/C13H17N3O4/c1-2-14-6-3-7-15-11-8-10(16(18)19)4-5-12(11)20-9-13(15)17/h4-5,8,14H,2-3,6-7,9H2,1H3. The zero-order valence-corrected chi connectivity index (χ0v) is 11.3. The van der Waals surface area contributed by atoms with E-state index in [0.717, 1.165) is 19.5 Å². The Morgan fingerprint density at radius 3 is 3.00 bits per heavy atom. The Kier molecular flexibility index (Phi) is 4.52. The molecule has 0 unspecified atom stereocenters. The lowest BCUT2D eigenvalue weighted by Crippen LogP contribution is -2.40. The molecule has 1 aliphatic rings. The first-order valence-corrected chi connectivity index (χ1v) is 6.55. The average Bonchev–Trinajstić information content (AvgIpc) is 2.44. The van der Waals surface area contributed by atoms with Crippen molar-refractivity contribution >= 4 is 17.3 Å². The summed E-state index contributed by atoms with van der Waals surface area (Å²) in [5.74, 6) is 0.341. The summed E-state index contributed by atoms with van der Waals surface area (Å²) < 4.78 is 5.30. The van der Waals surface area contributed by atoms with Crippen molar-refractivity contribution in [2.75, 3.05) is 31.1 Å². The third-order valence-electron chi connectivity index (χ3n) is 3.08. The molecule has 0 radical (unpaired) electrons. The monoisotopic (exact) mass is 279 g/mol. The molecule has 0 saturated carbocycles. The highest BCUT2D eigenvalue weighted by atomic mass is 16.6. The van der Waals surface area contributed by atoms with Crippen molar-refractivity contribution in [3.05, 3.63) is 28.3 Å². The number of hydrogen-bond donors (Lipinski definition) is 1. The maximum Gasteiger partial charge on any atom is 0.271 e. The number of carbonyl (C=O) groups is 1. The molecule has 1 N–H and O–H groups in total. The van der Waals surface area contributed by atoms with E-state index in [4.69, 9.17) is 4.74 Å². The van der Waals surface area contributed by atoms with Gasteiger partial charge in [-0.15, -0.1) is 0 Å². The van der Waals surface area contributed by atoms with Crippen LogP contribution in [0, 0.1) is 10.1 Å². The number of non-ortho nitro benzene ring substituents is 1. The zero-order chi connectivity index (χ0) is 14.5. The van der Waals surface area contributed by atoms with Gasteiger partial charge in [0, 0.05) is 18.7 Å². The van der Waals surface area contributed by atoms with E-state index in [1.54, 1.807) is 4.90 Å². The van der Waals surface area contributed by atoms with E-state index in [1.165, 1.54) is 18.2 Å². The number of nitrogens with zero attached hydrogens (tertiary/aromatic N) is 2. The molecule has 1 aromatic carbocycles. The Morgan fingerprint density at radius 2 is 2.30 bits per heavy atom. The van der Waals surface area contributed by atoms with Gasteiger partial charge in [0.15, 0.2) is 6.61 Å². The second-order valence-corrected chi connectivity index (χ2v) is 4.45. The summed E-state index contributed by atoms with van der Waals surface area (Å²) in [4.78, 5) is 23.8. The first-order chi connectivity index (χ1) is 9.63. The first-order valence-electron chi connectivity index (χ1n) is 6.55. The maximum atomic E-state index is 11.9. The Bertz CT molecular complexity index is 518. The highest BCUT2D eigenvalue weighted by molar-refractivity contribution is 5.98. The molecule has 0 fully saturated rings. The van der Waals surface area contributed by atoms with Gasteiger partial charge in [-0.25, -0.2) is 0 Å². The van der Waals surface area contributed by atoms with E-state index in [-0.39, 0.29) is 18.2 Å². The Balaban J connectivity index is 2.18. The molecule has 1 aliphatic heterocycles. The molecule has 1 aromatic rings. The summed E-state index contributed by atoms with van der Waals surface area (Å²) in [7, 11) is 0. The maximum absolute atomic E-state index is 11.9. The van der Waals surface area contributed by atoms with E-state index in [1.807, 2.05) is 6.92 Å². The third-order valence-corrected chi connectivity index (χ3v) is 3.08. The number of fused-ring (bicyclic) bond motifs is 1. The molecule has 1 heterocycles. The highest BCUT2D eigenvalue weighted by Gasteiger charge is 2.27. The second kappa shape index (κ2) is 6.33. The Hall–Kier alpha value is -2.15. The molecule has 0 aliphatic carbocycles. The van der Waals surface area contributed by atoms with Crippen LogP contribution in [0.4, 0.5) is 11.4 Å². The molecule has 7 nitrogen and oxygen atoms in total. The fourth-order valence-electron chi connectivity index (χ4n) is 2.09. The van der Waals surface area contributed by atoms with Crippen LogP contribution in [0.2, 0.25) is 0 Å². The number of hydrogen-bond acceptors (Lipinski definition) is 5. The van der Waals surface area contributed by atoms with Crippen LogP contribution in [0.1, 0.15) is 13.3 Å². The minimum absolute atomic E-state index is 0.0218. The van der Waals surface area contributed by atoms with E-state index in [9.17, 15) is 14.9 Å². The van der Waals surface area contributed by atoms with E-state index in [0.29, 0.717) is 18.0 Å². The molecule has 1 amide bonds. The van der Waals surface area contributed by atoms with Gasteiger partial charge < -0.3 is 15.0 Å². The summed E-state index contributed by atoms with van der Waals surface area (Å²) in [5, 5.41) is 14.0. The molecule has 0 spiro atoms. The number of anilines is 1. The lowest BCUT2D eigenvalue weighted by atomic mass is 10.2. The van der Waals surface area contributed by atoms with E-state index in [2.05, 4.69) is 5.32 Å². The van der Waals surface area contributed by atoms with Gasteiger partial charge in [-0.3, -0.25) is 14.9 Å². The third kappa shape index (κ3) is 3.05. The van der Waals surface area contributed by atoms with Crippen LogP contribution in [0.15, 0.2) is 18.2 Å². The molecule has 2 rings (SSSR count). The molecule has 0 bridgehead atoms. The predicted molar refractivity (Wildman–Crippen MR) is 74.1 cm³/mol. The molecule has 108 valence electrons. The van der Waals surface area contributed by atoms with Gasteiger partial charge in [0.2, 0.25) is 0 Å². The molecule has 7 heteroatoms. The van der Waals surface area contributed by atoms with Gasteiger partial charge in [0.25, 0.3) is 11.6 Å². The van der Waals surface area contributed by atoms with Crippen LogP contribution in [-0.4, -0.2) is 37.1 Å². The van der Waals surface area contributed by atoms with Crippen molar-refractivity contribution in [2.24, 2.45) is 0 Å². The lowest BCUT2D eigenvalue weighted by Gasteiger charge is -2.29. The van der Waals surface area contributed by atoms with Crippen molar-refractivity contribution in [2.45, 2.75) is 13.3 Å². The van der Waals surface area contributed by atoms with E-state index < -0.39 is 4.92 Å². The second-order valence-electron chi connectivity index (χ2n) is 4.45. The minimum atomic E-state index is -0.476. The molecule has 0 atom stereocenters. The van der Waals surface area contributed by atoms with Crippen LogP contribution >= 0.6 is 0 Å². The number of benzene rings is 1. The number of nitrogens with one attached hydrogen (secondary N) is 1. The first kappa shape index (κ1) is 14.3. The molecular weight excluding hydrogens is 262 g/mol. The van der Waals surface area contributed by atoms with Gasteiger partial charge in [-0.1, -0.05) is 6.92 Å². The molecule has 20 heavy (non-hydrogen) atoms. The van der Waals surface area contributed by atoms with Crippen LogP contribution in [0.5, 0.6) is 5.75 Å². The number of ether oxygens (including phenoxy) is 1. The average molecular weight is 279 g/mol. The van der Waals surface area contributed by atoms with Gasteiger partial charge in [-0.2, -0.15) is 0 Å². The molecular formula is C13H17N3O4. The van der Waals surface area contributed by atoms with Crippen LogP contribution in [0.3, 0.4) is 0 Å². The number of rotatable bonds is 6. The largest absolute Gasteiger partial charge is 0.482 e. The fourth-order valence-corrected chi connectivity index (χ4v) is 2.09. The summed E-state index contributed by atoms with van der Waals surface area (Å²) in [6, 6.07) is 4.31. The number of amides is 1. The molecule has 0 aromatic heterocycles. The normalized spacial score (nSPS) is 13.8. The number of nitro groups is 1. The van der Waals surface area contributed by atoms with Crippen LogP contribution in [0.25, 0.3) is 0 Å². The van der Waals surface area contributed by atoms with Gasteiger partial charge in [0.05, 0.1) is 10.6 Å². The Labute approximate surface area is 116 Å². The summed E-state index contributed by atoms with van der Waals surface area (Å²) in [5.41, 5.74) is 0.436. The van der Waals surface area contributed by atoms with Crippen molar-refractivity contribution in [1.29, 1.82) is 0 Å². The quantitative estimate of drug-likeness (QED) is 0.482. The van der Waals surface area contributed by atoms with Crippen molar-refractivity contribution in [1.82, 2.24) is 5.32 Å². The van der Waals surface area contributed by atoms with E-state index >= 15 is 0 Å². The minimum Gasteiger partial charge on any atom is -0.482 e. The smallest absolute Gasteiger partial charge is 0.271 e. The Morgan fingerprint density at radius 1 is 1.50 bits per heavy atom. The predicted octanol–water partition coefficient (Wildman–Crippen LogP) is 1.32. The van der Waals surface area contributed by atoms with Crippen LogP contribution in [-0.2, 0) is 4.79 Å². The summed E-state index contributed by atoms with van der Waals surface area (Å²) in [6.45, 7) is 4.18. The van der Waals surface area contributed by atoms with Crippen molar-refractivity contribution in [3.63, 3.8) is 0 Å². The van der Waals surface area contributed by atoms with Crippen molar-refractivity contribution in [3.8, 4) is 5.75 Å². The topological polar surface area (TPSA) is 84.7 Å². The highest BCUT2D eigenvalue weighted by Crippen LogP contribution is 2.35. The lowest BCUT2D eigenvalue weighted by molar-refractivity contribution is -0.384. The fraction of sp³-hybridized carbons (Fsp3) is 0.462. The zero-order valence-electron chi connectivity index (χ0n) is 11.3. The number of nitro benzene ring substituents is 1. The van der Waals surface area contributed by atoms with Crippen molar-refractivity contribution < 1.29 is 14.5 Å². The van der Waals surface area contributed by atoms with Gasteiger partial charge in [-0.05, 0) is 25.6 Å². The number of carbonyl (C=O) groups excluding carboxylic acids is 1. The SMILES string of the molecule is CCNCCCN1C(=O)COc2ccc([N+](=O)[O-])cc21. The molecule has 0 saturated heterocycles. The summed E-state index contributed by atoms with van der Waals surface area (Å²) >= 11 is 0. The summed E-state index contributed by atoms with van der Waals surface area (Å²) in [6.07, 6.45) is 0.779.